The van der Waals surface area contributed by atoms with Crippen LogP contribution < -0.4 is 5.73 Å². The number of nitrogen functional groups attached to an aromatic ring is 1. The summed E-state index contributed by atoms with van der Waals surface area (Å²) in [7, 11) is 4.01. The number of ether oxygens (including phenoxy) is 1. The van der Waals surface area contributed by atoms with E-state index in [0.29, 0.717) is 30.5 Å². The first kappa shape index (κ1) is 12.2. The zero-order chi connectivity index (χ0) is 11.3. The van der Waals surface area contributed by atoms with E-state index in [0.717, 1.165) is 6.54 Å². The molecule has 3 N–H and O–H groups in total. The van der Waals surface area contributed by atoms with E-state index in [1.54, 1.807) is 4.57 Å². The molecule has 0 amide bonds. The molecule has 7 heteroatoms. The van der Waals surface area contributed by atoms with Crippen LogP contribution in [0.3, 0.4) is 0 Å². The SMILES string of the molecule is CN(C)CCOCCn1c(N)n[nH]c1=S. The van der Waals surface area contributed by atoms with E-state index in [9.17, 15) is 0 Å². The number of nitrogens with one attached hydrogen (secondary N) is 1. The Morgan fingerprint density at radius 2 is 2.27 bits per heavy atom. The molecule has 0 saturated heterocycles. The predicted molar refractivity (Wildman–Crippen MR) is 61.2 cm³/mol. The maximum atomic E-state index is 5.59. The lowest BCUT2D eigenvalue weighted by Crippen LogP contribution is -2.19. The van der Waals surface area contributed by atoms with E-state index in [1.165, 1.54) is 0 Å². The lowest BCUT2D eigenvalue weighted by molar-refractivity contribution is 0.111. The zero-order valence-electron chi connectivity index (χ0n) is 9.06. The minimum absolute atomic E-state index is 0.399. The third kappa shape index (κ3) is 3.98. The van der Waals surface area contributed by atoms with Crippen molar-refractivity contribution in [3.8, 4) is 0 Å². The molecule has 0 aliphatic rings. The molecule has 6 nitrogen and oxygen atoms in total. The van der Waals surface area contributed by atoms with E-state index >= 15 is 0 Å². The van der Waals surface area contributed by atoms with Crippen molar-refractivity contribution in [1.82, 2.24) is 19.7 Å². The summed E-state index contributed by atoms with van der Waals surface area (Å²) in [4.78, 5) is 2.07. The smallest absolute Gasteiger partial charge is 0.220 e. The molecule has 15 heavy (non-hydrogen) atoms. The summed E-state index contributed by atoms with van der Waals surface area (Å²) >= 11 is 4.99. The number of hydrogen-bond donors (Lipinski definition) is 2. The van der Waals surface area contributed by atoms with Gasteiger partial charge in [-0.3, -0.25) is 4.57 Å². The van der Waals surface area contributed by atoms with Gasteiger partial charge in [0.05, 0.1) is 19.8 Å². The standard InChI is InChI=1S/C8H17N5OS/c1-12(2)3-5-14-6-4-13-7(9)10-11-8(13)15/h3-6H2,1-2H3,(H2,9,10)(H,11,15). The van der Waals surface area contributed by atoms with Gasteiger partial charge in [0.15, 0.2) is 4.77 Å². The molecule has 1 aromatic heterocycles. The number of hydrogen-bond acceptors (Lipinski definition) is 5. The highest BCUT2D eigenvalue weighted by Crippen LogP contribution is 1.98. The van der Waals surface area contributed by atoms with Crippen molar-refractivity contribution >= 4 is 18.2 Å². The van der Waals surface area contributed by atoms with Gasteiger partial charge in [0.2, 0.25) is 5.95 Å². The van der Waals surface area contributed by atoms with Gasteiger partial charge < -0.3 is 15.4 Å². The molecule has 1 rings (SSSR count). The maximum Gasteiger partial charge on any atom is 0.220 e. The van der Waals surface area contributed by atoms with Gasteiger partial charge in [0.25, 0.3) is 0 Å². The first-order chi connectivity index (χ1) is 7.11. The van der Waals surface area contributed by atoms with Crippen LogP contribution in [0.1, 0.15) is 0 Å². The van der Waals surface area contributed by atoms with Gasteiger partial charge >= 0.3 is 0 Å². The van der Waals surface area contributed by atoms with Gasteiger partial charge in [-0.15, -0.1) is 5.10 Å². The van der Waals surface area contributed by atoms with Crippen molar-refractivity contribution in [2.45, 2.75) is 6.54 Å². The molecule has 0 aliphatic heterocycles. The molecule has 0 unspecified atom stereocenters. The van der Waals surface area contributed by atoms with Crippen LogP contribution in [0.15, 0.2) is 0 Å². The second kappa shape index (κ2) is 5.84. The van der Waals surface area contributed by atoms with E-state index in [1.807, 2.05) is 14.1 Å². The Morgan fingerprint density at radius 1 is 1.53 bits per heavy atom. The van der Waals surface area contributed by atoms with Crippen LogP contribution in [0.4, 0.5) is 5.95 Å². The lowest BCUT2D eigenvalue weighted by Gasteiger charge is -2.10. The van der Waals surface area contributed by atoms with Gasteiger partial charge in [0.1, 0.15) is 0 Å². The van der Waals surface area contributed by atoms with Crippen LogP contribution >= 0.6 is 12.2 Å². The van der Waals surface area contributed by atoms with Gasteiger partial charge in [0, 0.05) is 6.54 Å². The fourth-order valence-electron chi connectivity index (χ4n) is 1.05. The quantitative estimate of drug-likeness (QED) is 0.537. The Balaban J connectivity index is 2.23. The molecule has 0 saturated carbocycles. The van der Waals surface area contributed by atoms with E-state index < -0.39 is 0 Å². The highest BCUT2D eigenvalue weighted by molar-refractivity contribution is 7.71. The van der Waals surface area contributed by atoms with E-state index in [2.05, 4.69) is 15.1 Å². The third-order valence-electron chi connectivity index (χ3n) is 1.93. The van der Waals surface area contributed by atoms with Gasteiger partial charge in [-0.1, -0.05) is 0 Å². The molecule has 86 valence electrons. The average molecular weight is 231 g/mol. The first-order valence-electron chi connectivity index (χ1n) is 4.74. The fourth-order valence-corrected chi connectivity index (χ4v) is 1.28. The molecule has 0 aliphatic carbocycles. The molecule has 0 atom stereocenters. The number of H-pyrrole nitrogens is 1. The number of aromatic nitrogens is 3. The van der Waals surface area contributed by atoms with Crippen molar-refractivity contribution in [3.05, 3.63) is 4.77 Å². The van der Waals surface area contributed by atoms with Crippen LogP contribution in [-0.4, -0.2) is 53.5 Å². The number of nitrogens with zero attached hydrogens (tertiary/aromatic N) is 3. The summed E-state index contributed by atoms with van der Waals surface area (Å²) < 4.78 is 7.67. The highest BCUT2D eigenvalue weighted by atomic mass is 32.1. The first-order valence-corrected chi connectivity index (χ1v) is 5.15. The Bertz CT molecular complexity index is 345. The van der Waals surface area contributed by atoms with Crippen molar-refractivity contribution < 1.29 is 4.74 Å². The number of nitrogens with two attached hydrogens (primary N) is 1. The number of rotatable bonds is 6. The second-order valence-electron chi connectivity index (χ2n) is 3.45. The van der Waals surface area contributed by atoms with Gasteiger partial charge in [-0.05, 0) is 26.3 Å². The average Bonchev–Trinajstić information content (AvgIpc) is 2.47. The second-order valence-corrected chi connectivity index (χ2v) is 3.84. The molecule has 0 fully saturated rings. The number of aromatic amines is 1. The number of likely N-dealkylation sites (N-methyl/N-ethyl adjacent to an activating group) is 1. The van der Waals surface area contributed by atoms with Crippen LogP contribution in [0, 0.1) is 4.77 Å². The van der Waals surface area contributed by atoms with Crippen molar-refractivity contribution in [2.75, 3.05) is 39.6 Å². The topological polar surface area (TPSA) is 72.1 Å². The van der Waals surface area contributed by atoms with Gasteiger partial charge in [-0.2, -0.15) is 0 Å². The monoisotopic (exact) mass is 231 g/mol. The largest absolute Gasteiger partial charge is 0.378 e. The maximum absolute atomic E-state index is 5.59. The van der Waals surface area contributed by atoms with Crippen molar-refractivity contribution in [3.63, 3.8) is 0 Å². The molecule has 0 radical (unpaired) electrons. The Hall–Kier alpha value is -0.920. The van der Waals surface area contributed by atoms with E-state index in [4.69, 9.17) is 22.7 Å². The Kier molecular flexibility index (Phi) is 4.73. The predicted octanol–water partition coefficient (Wildman–Crippen LogP) is 0.101. The summed E-state index contributed by atoms with van der Waals surface area (Å²) in [5, 5.41) is 6.43. The van der Waals surface area contributed by atoms with Gasteiger partial charge in [-0.25, -0.2) is 5.10 Å². The molecule has 1 aromatic rings. The van der Waals surface area contributed by atoms with Crippen molar-refractivity contribution in [2.24, 2.45) is 0 Å². The van der Waals surface area contributed by atoms with E-state index in [-0.39, 0.29) is 0 Å². The highest BCUT2D eigenvalue weighted by Gasteiger charge is 2.00. The molecule has 1 heterocycles. The summed E-state index contributed by atoms with van der Waals surface area (Å²) in [6.07, 6.45) is 0. The molecular formula is C8H17N5OS. The minimum atomic E-state index is 0.399. The Morgan fingerprint density at radius 3 is 2.80 bits per heavy atom. The molecule has 0 aromatic carbocycles. The molecule has 0 spiro atoms. The minimum Gasteiger partial charge on any atom is -0.378 e. The fraction of sp³-hybridized carbons (Fsp3) is 0.750. The summed E-state index contributed by atoms with van der Waals surface area (Å²) in [6, 6.07) is 0. The normalized spacial score (nSPS) is 11.1. The summed E-state index contributed by atoms with van der Waals surface area (Å²) in [6.45, 7) is 2.84. The van der Waals surface area contributed by atoms with Crippen LogP contribution in [0.2, 0.25) is 0 Å². The molecule has 0 bridgehead atoms. The van der Waals surface area contributed by atoms with Crippen molar-refractivity contribution in [1.29, 1.82) is 0 Å². The summed E-state index contributed by atoms with van der Waals surface area (Å²) in [5.74, 6) is 0.399. The van der Waals surface area contributed by atoms with Crippen LogP contribution in [0.25, 0.3) is 0 Å². The third-order valence-corrected chi connectivity index (χ3v) is 2.24. The number of anilines is 1. The molecular weight excluding hydrogens is 214 g/mol. The lowest BCUT2D eigenvalue weighted by atomic mass is 10.6. The zero-order valence-corrected chi connectivity index (χ0v) is 9.88. The summed E-state index contributed by atoms with van der Waals surface area (Å²) in [5.41, 5.74) is 5.59. The van der Waals surface area contributed by atoms with Crippen LogP contribution in [-0.2, 0) is 11.3 Å². The van der Waals surface area contributed by atoms with Crippen LogP contribution in [0.5, 0.6) is 0 Å². The Labute approximate surface area is 94.0 Å².